The third-order valence-corrected chi connectivity index (χ3v) is 2.43. The number of hydrogen-bond donors (Lipinski definition) is 1. The van der Waals surface area contributed by atoms with Crippen LogP contribution < -0.4 is 4.74 Å². The Kier molecular flexibility index (Phi) is 4.97. The van der Waals surface area contributed by atoms with E-state index in [0.717, 1.165) is 0 Å². The molecule has 0 heterocycles. The van der Waals surface area contributed by atoms with E-state index in [9.17, 15) is 9.59 Å². The number of carboxylic acids is 1. The van der Waals surface area contributed by atoms with E-state index >= 15 is 0 Å². The first-order valence-electron chi connectivity index (χ1n) is 5.32. The van der Waals surface area contributed by atoms with E-state index in [2.05, 4.69) is 0 Å². The summed E-state index contributed by atoms with van der Waals surface area (Å²) in [5.74, 6) is -1.74. The van der Waals surface area contributed by atoms with Crippen molar-refractivity contribution >= 4 is 23.5 Å². The molecule has 0 fully saturated rings. The molecule has 1 aromatic rings. The Bertz CT molecular complexity index is 458. The summed E-state index contributed by atoms with van der Waals surface area (Å²) in [5, 5.41) is 9.07. The molecule has 0 spiro atoms. The second-order valence-electron chi connectivity index (χ2n) is 3.43. The van der Waals surface area contributed by atoms with Crippen LogP contribution in [0, 0.1) is 0 Å². The number of rotatable bonds is 5. The molecule has 0 radical (unpaired) electrons. The fourth-order valence-corrected chi connectivity index (χ4v) is 1.55. The normalized spacial score (nSPS) is 11.7. The molecule has 6 heteroatoms. The van der Waals surface area contributed by atoms with Gasteiger partial charge in [0, 0.05) is 0 Å². The average Bonchev–Trinajstić information content (AvgIpc) is 2.28. The Balaban J connectivity index is 2.94. The number of benzene rings is 1. The van der Waals surface area contributed by atoms with Crippen molar-refractivity contribution in [2.24, 2.45) is 0 Å². The molecule has 98 valence electrons. The predicted octanol–water partition coefficient (Wildman–Crippen LogP) is 2.37. The molecule has 0 bridgehead atoms. The molecule has 0 aliphatic carbocycles. The number of halogens is 1. The zero-order chi connectivity index (χ0) is 13.7. The van der Waals surface area contributed by atoms with Crippen molar-refractivity contribution in [1.29, 1.82) is 0 Å². The lowest BCUT2D eigenvalue weighted by atomic mass is 10.2. The van der Waals surface area contributed by atoms with Crippen molar-refractivity contribution in [3.8, 4) is 5.75 Å². The third-order valence-electron chi connectivity index (χ3n) is 2.11. The quantitative estimate of drug-likeness (QED) is 0.833. The molecule has 0 saturated carbocycles. The Morgan fingerprint density at radius 2 is 2.11 bits per heavy atom. The Labute approximate surface area is 109 Å². The van der Waals surface area contributed by atoms with Crippen LogP contribution in [0.2, 0.25) is 5.02 Å². The summed E-state index contributed by atoms with van der Waals surface area (Å²) in [6.45, 7) is 3.38. The van der Waals surface area contributed by atoms with Gasteiger partial charge in [-0.1, -0.05) is 17.7 Å². The van der Waals surface area contributed by atoms with Gasteiger partial charge >= 0.3 is 11.9 Å². The van der Waals surface area contributed by atoms with Gasteiger partial charge in [-0.3, -0.25) is 0 Å². The van der Waals surface area contributed by atoms with E-state index in [4.69, 9.17) is 26.2 Å². The summed E-state index contributed by atoms with van der Waals surface area (Å²) in [6.07, 6.45) is -0.901. The minimum Gasteiger partial charge on any atom is -0.478 e. The van der Waals surface area contributed by atoms with Crippen molar-refractivity contribution in [3.05, 3.63) is 28.8 Å². The van der Waals surface area contributed by atoms with Crippen molar-refractivity contribution in [2.75, 3.05) is 6.61 Å². The number of carboxylic acid groups (broad SMARTS) is 1. The zero-order valence-electron chi connectivity index (χ0n) is 9.97. The summed E-state index contributed by atoms with van der Waals surface area (Å²) in [6, 6.07) is 4.42. The van der Waals surface area contributed by atoms with E-state index in [-0.39, 0.29) is 22.9 Å². The molecular formula is C12H13ClO5. The van der Waals surface area contributed by atoms with Crippen LogP contribution in [0.25, 0.3) is 0 Å². The van der Waals surface area contributed by atoms with Gasteiger partial charge in [0.2, 0.25) is 0 Å². The molecule has 0 amide bonds. The van der Waals surface area contributed by atoms with Gasteiger partial charge in [0.25, 0.3) is 0 Å². The lowest BCUT2D eigenvalue weighted by Gasteiger charge is -2.15. The summed E-state index contributed by atoms with van der Waals surface area (Å²) >= 11 is 5.77. The summed E-state index contributed by atoms with van der Waals surface area (Å²) in [4.78, 5) is 22.4. The van der Waals surface area contributed by atoms with Gasteiger partial charge in [-0.25, -0.2) is 9.59 Å². The number of ether oxygens (including phenoxy) is 2. The van der Waals surface area contributed by atoms with Crippen LogP contribution in [0.15, 0.2) is 18.2 Å². The molecular weight excluding hydrogens is 260 g/mol. The maximum absolute atomic E-state index is 11.4. The van der Waals surface area contributed by atoms with Gasteiger partial charge in [-0.15, -0.1) is 0 Å². The Hall–Kier alpha value is -1.75. The SMILES string of the molecule is CCOC(=O)C(C)Oc1cccc(Cl)c1C(=O)O. The van der Waals surface area contributed by atoms with E-state index < -0.39 is 18.0 Å². The minimum atomic E-state index is -1.22. The molecule has 1 N–H and O–H groups in total. The van der Waals surface area contributed by atoms with E-state index in [0.29, 0.717) is 0 Å². The summed E-state index contributed by atoms with van der Waals surface area (Å²) < 4.78 is 10.0. The largest absolute Gasteiger partial charge is 0.478 e. The number of carbonyl (C=O) groups is 2. The van der Waals surface area contributed by atoms with E-state index in [1.807, 2.05) is 0 Å². The lowest BCUT2D eigenvalue weighted by molar-refractivity contribution is -0.150. The second-order valence-corrected chi connectivity index (χ2v) is 3.84. The molecule has 18 heavy (non-hydrogen) atoms. The average molecular weight is 273 g/mol. The first-order valence-corrected chi connectivity index (χ1v) is 5.70. The number of carbonyl (C=O) groups excluding carboxylic acids is 1. The van der Waals surface area contributed by atoms with Gasteiger partial charge < -0.3 is 14.6 Å². The highest BCUT2D eigenvalue weighted by Crippen LogP contribution is 2.27. The fraction of sp³-hybridized carbons (Fsp3) is 0.333. The fourth-order valence-electron chi connectivity index (χ4n) is 1.31. The van der Waals surface area contributed by atoms with Crippen LogP contribution in [0.5, 0.6) is 5.75 Å². The highest BCUT2D eigenvalue weighted by atomic mass is 35.5. The number of esters is 1. The smallest absolute Gasteiger partial charge is 0.347 e. The first-order chi connectivity index (χ1) is 8.47. The number of aromatic carboxylic acids is 1. The molecule has 1 aromatic carbocycles. The van der Waals surface area contributed by atoms with Gasteiger partial charge in [-0.2, -0.15) is 0 Å². The second kappa shape index (κ2) is 6.26. The van der Waals surface area contributed by atoms with Crippen LogP contribution in [-0.2, 0) is 9.53 Å². The zero-order valence-corrected chi connectivity index (χ0v) is 10.7. The number of hydrogen-bond acceptors (Lipinski definition) is 4. The molecule has 0 aliphatic rings. The summed E-state index contributed by atoms with van der Waals surface area (Å²) in [7, 11) is 0. The highest BCUT2D eigenvalue weighted by molar-refractivity contribution is 6.33. The van der Waals surface area contributed by atoms with Gasteiger partial charge in [0.05, 0.1) is 11.6 Å². The molecule has 0 aromatic heterocycles. The molecule has 5 nitrogen and oxygen atoms in total. The Morgan fingerprint density at radius 3 is 2.67 bits per heavy atom. The van der Waals surface area contributed by atoms with Gasteiger partial charge in [0.1, 0.15) is 11.3 Å². The minimum absolute atomic E-state index is 0.0375. The molecule has 1 rings (SSSR count). The molecule has 1 unspecified atom stereocenters. The highest BCUT2D eigenvalue weighted by Gasteiger charge is 2.21. The topological polar surface area (TPSA) is 72.8 Å². The molecule has 0 saturated heterocycles. The lowest BCUT2D eigenvalue weighted by Crippen LogP contribution is -2.26. The van der Waals surface area contributed by atoms with Crippen LogP contribution in [0.1, 0.15) is 24.2 Å². The maximum Gasteiger partial charge on any atom is 0.347 e. The van der Waals surface area contributed by atoms with Crippen molar-refractivity contribution < 1.29 is 24.2 Å². The third kappa shape index (κ3) is 3.37. The van der Waals surface area contributed by atoms with Crippen molar-refractivity contribution in [2.45, 2.75) is 20.0 Å². The maximum atomic E-state index is 11.4. The van der Waals surface area contributed by atoms with Crippen LogP contribution in [0.3, 0.4) is 0 Å². The van der Waals surface area contributed by atoms with Gasteiger partial charge in [0.15, 0.2) is 6.10 Å². The van der Waals surface area contributed by atoms with Crippen LogP contribution in [-0.4, -0.2) is 29.8 Å². The standard InChI is InChI=1S/C12H13ClO5/c1-3-17-12(16)7(2)18-9-6-4-5-8(13)10(9)11(14)15/h4-7H,3H2,1-2H3,(H,14,15). The Morgan fingerprint density at radius 1 is 1.44 bits per heavy atom. The van der Waals surface area contributed by atoms with Crippen LogP contribution >= 0.6 is 11.6 Å². The van der Waals surface area contributed by atoms with E-state index in [1.165, 1.54) is 19.1 Å². The summed E-state index contributed by atoms with van der Waals surface area (Å²) in [5.41, 5.74) is -0.171. The first kappa shape index (κ1) is 14.3. The molecule has 0 aliphatic heterocycles. The van der Waals surface area contributed by atoms with E-state index in [1.54, 1.807) is 13.0 Å². The van der Waals surface area contributed by atoms with Gasteiger partial charge in [-0.05, 0) is 26.0 Å². The van der Waals surface area contributed by atoms with Crippen LogP contribution in [0.4, 0.5) is 0 Å². The molecule has 1 atom stereocenters. The predicted molar refractivity (Wildman–Crippen MR) is 65.1 cm³/mol. The monoisotopic (exact) mass is 272 g/mol. The van der Waals surface area contributed by atoms with Crippen molar-refractivity contribution in [3.63, 3.8) is 0 Å². The van der Waals surface area contributed by atoms with Crippen molar-refractivity contribution in [1.82, 2.24) is 0 Å².